The minimum Gasteiger partial charge on any atom is -0.396 e. The van der Waals surface area contributed by atoms with Gasteiger partial charge < -0.3 is 10.0 Å². The van der Waals surface area contributed by atoms with Crippen LogP contribution in [0.2, 0.25) is 0 Å². The Labute approximate surface area is 104 Å². The second kappa shape index (κ2) is 5.19. The molecule has 0 aliphatic carbocycles. The van der Waals surface area contributed by atoms with Gasteiger partial charge in [0.25, 0.3) is 0 Å². The van der Waals surface area contributed by atoms with Gasteiger partial charge in [-0.05, 0) is 24.1 Å². The molecule has 2 heteroatoms. The standard InChI is InChI=1S/C15H23NO/c1-11(2)12-4-6-13(7-5-12)15-9-16(3)8-14(15)10-17/h4-7,11,14-15,17H,8-10H2,1-3H3/t14-,15-/m0/s1. The average Bonchev–Trinajstić information content (AvgIpc) is 2.70. The van der Waals surface area contributed by atoms with E-state index in [1.807, 2.05) is 0 Å². The van der Waals surface area contributed by atoms with Crippen LogP contribution in [0.4, 0.5) is 0 Å². The van der Waals surface area contributed by atoms with Gasteiger partial charge >= 0.3 is 0 Å². The Morgan fingerprint density at radius 1 is 1.24 bits per heavy atom. The van der Waals surface area contributed by atoms with Gasteiger partial charge in [-0.15, -0.1) is 0 Å². The molecule has 1 aromatic rings. The zero-order chi connectivity index (χ0) is 12.4. The number of likely N-dealkylation sites (tertiary alicyclic amines) is 1. The largest absolute Gasteiger partial charge is 0.396 e. The molecule has 0 bridgehead atoms. The van der Waals surface area contributed by atoms with Crippen LogP contribution in [0.3, 0.4) is 0 Å². The normalized spacial score (nSPS) is 25.7. The fourth-order valence-corrected chi connectivity index (χ4v) is 2.78. The molecule has 0 amide bonds. The summed E-state index contributed by atoms with van der Waals surface area (Å²) in [5.41, 5.74) is 2.76. The van der Waals surface area contributed by atoms with Crippen LogP contribution < -0.4 is 0 Å². The number of nitrogens with zero attached hydrogens (tertiary/aromatic N) is 1. The topological polar surface area (TPSA) is 23.5 Å². The molecule has 1 aliphatic heterocycles. The highest BCUT2D eigenvalue weighted by Gasteiger charge is 2.31. The summed E-state index contributed by atoms with van der Waals surface area (Å²) in [6, 6.07) is 8.93. The lowest BCUT2D eigenvalue weighted by Crippen LogP contribution is -2.15. The van der Waals surface area contributed by atoms with Crippen LogP contribution in [-0.4, -0.2) is 36.8 Å². The van der Waals surface area contributed by atoms with E-state index >= 15 is 0 Å². The van der Waals surface area contributed by atoms with E-state index in [1.54, 1.807) is 0 Å². The molecule has 94 valence electrons. The molecule has 1 heterocycles. The molecule has 2 atom stereocenters. The molecule has 0 radical (unpaired) electrons. The number of aliphatic hydroxyl groups is 1. The van der Waals surface area contributed by atoms with Crippen molar-refractivity contribution < 1.29 is 5.11 Å². The average molecular weight is 233 g/mol. The van der Waals surface area contributed by atoms with E-state index < -0.39 is 0 Å². The highest BCUT2D eigenvalue weighted by Crippen LogP contribution is 2.32. The minimum absolute atomic E-state index is 0.293. The van der Waals surface area contributed by atoms with Crippen LogP contribution in [0.5, 0.6) is 0 Å². The molecule has 2 nitrogen and oxygen atoms in total. The van der Waals surface area contributed by atoms with Gasteiger partial charge in [-0.25, -0.2) is 0 Å². The second-order valence-corrected chi connectivity index (χ2v) is 5.59. The van der Waals surface area contributed by atoms with Crippen LogP contribution in [0.1, 0.15) is 36.8 Å². The zero-order valence-corrected chi connectivity index (χ0v) is 11.1. The van der Waals surface area contributed by atoms with Gasteiger partial charge in [0.05, 0.1) is 0 Å². The van der Waals surface area contributed by atoms with E-state index in [9.17, 15) is 5.11 Å². The van der Waals surface area contributed by atoms with E-state index in [1.165, 1.54) is 11.1 Å². The summed E-state index contributed by atoms with van der Waals surface area (Å²) in [5.74, 6) is 1.47. The number of hydrogen-bond donors (Lipinski definition) is 1. The van der Waals surface area contributed by atoms with E-state index in [-0.39, 0.29) is 0 Å². The highest BCUT2D eigenvalue weighted by atomic mass is 16.3. The Hall–Kier alpha value is -0.860. The van der Waals surface area contributed by atoms with Crippen LogP contribution >= 0.6 is 0 Å². The van der Waals surface area contributed by atoms with Crippen LogP contribution in [0.25, 0.3) is 0 Å². The van der Waals surface area contributed by atoms with E-state index in [0.717, 1.165) is 13.1 Å². The molecule has 0 spiro atoms. The predicted octanol–water partition coefficient (Wildman–Crippen LogP) is 2.45. The van der Waals surface area contributed by atoms with Crippen molar-refractivity contribution in [1.82, 2.24) is 4.90 Å². The highest BCUT2D eigenvalue weighted by molar-refractivity contribution is 5.28. The van der Waals surface area contributed by atoms with Crippen LogP contribution in [0, 0.1) is 5.92 Å². The summed E-state index contributed by atoms with van der Waals surface area (Å²) in [5, 5.41) is 9.43. The molecular weight excluding hydrogens is 210 g/mol. The monoisotopic (exact) mass is 233 g/mol. The number of rotatable bonds is 3. The molecule has 2 rings (SSSR count). The summed E-state index contributed by atoms with van der Waals surface area (Å²) in [7, 11) is 2.13. The molecule has 0 unspecified atom stereocenters. The van der Waals surface area contributed by atoms with Gasteiger partial charge in [-0.2, -0.15) is 0 Å². The van der Waals surface area contributed by atoms with E-state index in [2.05, 4.69) is 50.1 Å². The Morgan fingerprint density at radius 2 is 1.88 bits per heavy atom. The summed E-state index contributed by atoms with van der Waals surface area (Å²) < 4.78 is 0. The Kier molecular flexibility index (Phi) is 3.85. The lowest BCUT2D eigenvalue weighted by Gasteiger charge is -2.17. The van der Waals surface area contributed by atoms with Gasteiger partial charge in [0.15, 0.2) is 0 Å². The number of likely N-dealkylation sites (N-methyl/N-ethyl adjacent to an activating group) is 1. The van der Waals surface area contributed by atoms with Crippen molar-refractivity contribution in [3.05, 3.63) is 35.4 Å². The fourth-order valence-electron chi connectivity index (χ4n) is 2.78. The third-order valence-corrected chi connectivity index (χ3v) is 3.89. The third-order valence-electron chi connectivity index (χ3n) is 3.89. The Morgan fingerprint density at radius 3 is 2.41 bits per heavy atom. The predicted molar refractivity (Wildman–Crippen MR) is 71.3 cm³/mol. The Bertz CT molecular complexity index is 358. The van der Waals surface area contributed by atoms with Gasteiger partial charge in [-0.3, -0.25) is 0 Å². The van der Waals surface area contributed by atoms with Gasteiger partial charge in [-0.1, -0.05) is 38.1 Å². The molecule has 1 fully saturated rings. The van der Waals surface area contributed by atoms with E-state index in [0.29, 0.717) is 24.4 Å². The third kappa shape index (κ3) is 2.70. The molecule has 17 heavy (non-hydrogen) atoms. The van der Waals surface area contributed by atoms with Crippen molar-refractivity contribution in [1.29, 1.82) is 0 Å². The number of hydrogen-bond acceptors (Lipinski definition) is 2. The second-order valence-electron chi connectivity index (χ2n) is 5.59. The molecule has 0 saturated carbocycles. The van der Waals surface area contributed by atoms with Crippen molar-refractivity contribution >= 4 is 0 Å². The van der Waals surface area contributed by atoms with Gasteiger partial charge in [0.1, 0.15) is 0 Å². The lowest BCUT2D eigenvalue weighted by atomic mass is 9.88. The maximum atomic E-state index is 9.43. The van der Waals surface area contributed by atoms with Crippen molar-refractivity contribution in [2.75, 3.05) is 26.7 Å². The Balaban J connectivity index is 2.16. The quantitative estimate of drug-likeness (QED) is 0.867. The van der Waals surface area contributed by atoms with Crippen molar-refractivity contribution in [2.24, 2.45) is 5.92 Å². The van der Waals surface area contributed by atoms with Crippen molar-refractivity contribution in [3.8, 4) is 0 Å². The van der Waals surface area contributed by atoms with Crippen LogP contribution in [0.15, 0.2) is 24.3 Å². The molecule has 1 N–H and O–H groups in total. The summed E-state index contributed by atoms with van der Waals surface area (Å²) in [6.07, 6.45) is 0. The smallest absolute Gasteiger partial charge is 0.0477 e. The number of aliphatic hydroxyl groups excluding tert-OH is 1. The molecule has 1 saturated heterocycles. The fraction of sp³-hybridized carbons (Fsp3) is 0.600. The molecular formula is C15H23NO. The number of benzene rings is 1. The summed E-state index contributed by atoms with van der Waals surface area (Å²) in [6.45, 7) is 6.80. The lowest BCUT2D eigenvalue weighted by molar-refractivity contribution is 0.219. The summed E-state index contributed by atoms with van der Waals surface area (Å²) in [4.78, 5) is 2.31. The molecule has 1 aromatic carbocycles. The van der Waals surface area contributed by atoms with Crippen LogP contribution in [-0.2, 0) is 0 Å². The van der Waals surface area contributed by atoms with E-state index in [4.69, 9.17) is 0 Å². The summed E-state index contributed by atoms with van der Waals surface area (Å²) >= 11 is 0. The zero-order valence-electron chi connectivity index (χ0n) is 11.1. The first-order valence-electron chi connectivity index (χ1n) is 6.51. The molecule has 1 aliphatic rings. The maximum Gasteiger partial charge on any atom is 0.0477 e. The first-order chi connectivity index (χ1) is 8.11. The first kappa shape index (κ1) is 12.6. The first-order valence-corrected chi connectivity index (χ1v) is 6.51. The van der Waals surface area contributed by atoms with Crippen molar-refractivity contribution in [3.63, 3.8) is 0 Å². The van der Waals surface area contributed by atoms with Crippen molar-refractivity contribution in [2.45, 2.75) is 25.7 Å². The van der Waals surface area contributed by atoms with Gasteiger partial charge in [0.2, 0.25) is 0 Å². The minimum atomic E-state index is 0.293. The maximum absolute atomic E-state index is 9.43. The molecule has 0 aromatic heterocycles. The SMILES string of the molecule is CC(C)c1ccc([C@@H]2CN(C)C[C@H]2CO)cc1. The van der Waals surface area contributed by atoms with Gasteiger partial charge in [0, 0.05) is 31.5 Å².